The first kappa shape index (κ1) is 9.99. The Morgan fingerprint density at radius 2 is 2.38 bits per heavy atom. The number of nitrogens with one attached hydrogen (secondary N) is 1. The van der Waals surface area contributed by atoms with Gasteiger partial charge in [0.15, 0.2) is 0 Å². The minimum absolute atomic E-state index is 0.177. The summed E-state index contributed by atoms with van der Waals surface area (Å²) in [5, 5.41) is 2.64. The molecule has 13 heavy (non-hydrogen) atoms. The summed E-state index contributed by atoms with van der Waals surface area (Å²) in [5.74, 6) is 0.238. The van der Waals surface area contributed by atoms with Crippen LogP contribution in [0.5, 0.6) is 0 Å². The van der Waals surface area contributed by atoms with Gasteiger partial charge in [0.25, 0.3) is 5.91 Å². The van der Waals surface area contributed by atoms with Crippen LogP contribution in [-0.4, -0.2) is 23.3 Å². The van der Waals surface area contributed by atoms with Crippen LogP contribution in [0.4, 0.5) is 0 Å². The van der Waals surface area contributed by atoms with Crippen molar-refractivity contribution < 1.29 is 4.79 Å². The Morgan fingerprint density at radius 1 is 1.62 bits per heavy atom. The Kier molecular flexibility index (Phi) is 3.71. The average molecular weight is 199 g/mol. The molecule has 0 radical (unpaired) electrons. The predicted octanol–water partition coefficient (Wildman–Crippen LogP) is 1.36. The van der Waals surface area contributed by atoms with Gasteiger partial charge in [0.05, 0.1) is 0 Å². The number of alkyl halides is 1. The molecule has 1 amide bonds. The van der Waals surface area contributed by atoms with Gasteiger partial charge >= 0.3 is 0 Å². The molecule has 1 aromatic heterocycles. The number of carbonyl (C=O) groups excluding carboxylic acids is 1. The Labute approximate surface area is 82.1 Å². The standard InChI is InChI=1S/C9H11ClN2O/c1-7-3-2-4-8(12-7)9(13)11-6-5-10/h2-4H,5-6H2,1H3,(H,11,13). The van der Waals surface area contributed by atoms with Gasteiger partial charge in [-0.3, -0.25) is 4.79 Å². The predicted molar refractivity (Wildman–Crippen MR) is 52.0 cm³/mol. The number of rotatable bonds is 3. The van der Waals surface area contributed by atoms with Gasteiger partial charge in [0, 0.05) is 18.1 Å². The maximum atomic E-state index is 11.3. The van der Waals surface area contributed by atoms with E-state index in [1.807, 2.05) is 13.0 Å². The lowest BCUT2D eigenvalue weighted by Crippen LogP contribution is -2.26. The van der Waals surface area contributed by atoms with E-state index in [0.29, 0.717) is 18.1 Å². The van der Waals surface area contributed by atoms with Crippen molar-refractivity contribution >= 4 is 17.5 Å². The summed E-state index contributed by atoms with van der Waals surface area (Å²) in [6.45, 7) is 2.31. The van der Waals surface area contributed by atoms with E-state index in [4.69, 9.17) is 11.6 Å². The summed E-state index contributed by atoms with van der Waals surface area (Å²) in [5.41, 5.74) is 1.27. The van der Waals surface area contributed by atoms with Crippen LogP contribution in [0.1, 0.15) is 16.2 Å². The highest BCUT2D eigenvalue weighted by molar-refractivity contribution is 6.18. The number of hydrogen-bond donors (Lipinski definition) is 1. The molecule has 1 rings (SSSR count). The topological polar surface area (TPSA) is 42.0 Å². The normalized spacial score (nSPS) is 9.69. The summed E-state index contributed by atoms with van der Waals surface area (Å²) >= 11 is 5.43. The van der Waals surface area contributed by atoms with Crippen molar-refractivity contribution in [3.63, 3.8) is 0 Å². The van der Waals surface area contributed by atoms with E-state index < -0.39 is 0 Å². The summed E-state index contributed by atoms with van der Waals surface area (Å²) in [7, 11) is 0. The highest BCUT2D eigenvalue weighted by Crippen LogP contribution is 1.97. The molecule has 0 bridgehead atoms. The number of carbonyl (C=O) groups is 1. The number of pyridine rings is 1. The minimum atomic E-state index is -0.177. The van der Waals surface area contributed by atoms with E-state index in [2.05, 4.69) is 10.3 Å². The van der Waals surface area contributed by atoms with Gasteiger partial charge in [0.1, 0.15) is 5.69 Å². The minimum Gasteiger partial charge on any atom is -0.350 e. The molecule has 0 saturated heterocycles. The summed E-state index contributed by atoms with van der Waals surface area (Å²) in [6, 6.07) is 5.33. The lowest BCUT2D eigenvalue weighted by Gasteiger charge is -2.02. The van der Waals surface area contributed by atoms with Crippen molar-refractivity contribution in [1.29, 1.82) is 0 Å². The third-order valence-corrected chi connectivity index (χ3v) is 1.69. The Hall–Kier alpha value is -1.09. The van der Waals surface area contributed by atoms with Gasteiger partial charge in [0.2, 0.25) is 0 Å². The Bertz CT molecular complexity index is 301. The zero-order valence-electron chi connectivity index (χ0n) is 7.38. The van der Waals surface area contributed by atoms with Gasteiger partial charge in [-0.2, -0.15) is 0 Å². The Balaban J connectivity index is 2.66. The highest BCUT2D eigenvalue weighted by Gasteiger charge is 2.04. The molecule has 0 fully saturated rings. The van der Waals surface area contributed by atoms with Crippen molar-refractivity contribution in [2.45, 2.75) is 6.92 Å². The molecule has 70 valence electrons. The van der Waals surface area contributed by atoms with Gasteiger partial charge in [-0.05, 0) is 19.1 Å². The van der Waals surface area contributed by atoms with E-state index in [9.17, 15) is 4.79 Å². The van der Waals surface area contributed by atoms with Crippen LogP contribution in [0.3, 0.4) is 0 Å². The molecule has 1 N–H and O–H groups in total. The van der Waals surface area contributed by atoms with Crippen LogP contribution in [0.15, 0.2) is 18.2 Å². The molecule has 3 nitrogen and oxygen atoms in total. The second-order valence-electron chi connectivity index (χ2n) is 2.61. The molecule has 0 aliphatic rings. The van der Waals surface area contributed by atoms with Crippen LogP contribution >= 0.6 is 11.6 Å². The second-order valence-corrected chi connectivity index (χ2v) is 2.99. The van der Waals surface area contributed by atoms with Crippen molar-refractivity contribution in [2.75, 3.05) is 12.4 Å². The molecule has 4 heteroatoms. The fraction of sp³-hybridized carbons (Fsp3) is 0.333. The van der Waals surface area contributed by atoms with Crippen molar-refractivity contribution in [1.82, 2.24) is 10.3 Å². The molecule has 0 saturated carbocycles. The first-order chi connectivity index (χ1) is 6.24. The molecule has 0 aromatic carbocycles. The van der Waals surface area contributed by atoms with E-state index >= 15 is 0 Å². The largest absolute Gasteiger partial charge is 0.350 e. The second kappa shape index (κ2) is 4.82. The van der Waals surface area contributed by atoms with E-state index in [-0.39, 0.29) is 5.91 Å². The van der Waals surface area contributed by atoms with Crippen LogP contribution in [0.2, 0.25) is 0 Å². The third kappa shape index (κ3) is 3.03. The van der Waals surface area contributed by atoms with Gasteiger partial charge < -0.3 is 5.32 Å². The molecule has 0 spiro atoms. The zero-order valence-corrected chi connectivity index (χ0v) is 8.14. The Morgan fingerprint density at radius 3 is 3.00 bits per heavy atom. The van der Waals surface area contributed by atoms with Crippen LogP contribution < -0.4 is 5.32 Å². The summed E-state index contributed by atoms with van der Waals surface area (Å²) < 4.78 is 0. The molecule has 1 heterocycles. The monoisotopic (exact) mass is 198 g/mol. The first-order valence-electron chi connectivity index (χ1n) is 4.02. The van der Waals surface area contributed by atoms with E-state index in [1.54, 1.807) is 12.1 Å². The lowest BCUT2D eigenvalue weighted by molar-refractivity contribution is 0.0951. The maximum absolute atomic E-state index is 11.3. The molecule has 0 unspecified atom stereocenters. The molecule has 0 aliphatic carbocycles. The third-order valence-electron chi connectivity index (χ3n) is 1.50. The van der Waals surface area contributed by atoms with Gasteiger partial charge in [-0.1, -0.05) is 6.07 Å². The number of amides is 1. The number of halogens is 1. The maximum Gasteiger partial charge on any atom is 0.269 e. The molecular formula is C9H11ClN2O. The van der Waals surface area contributed by atoms with Crippen molar-refractivity contribution in [3.8, 4) is 0 Å². The van der Waals surface area contributed by atoms with Gasteiger partial charge in [-0.15, -0.1) is 11.6 Å². The van der Waals surface area contributed by atoms with E-state index in [0.717, 1.165) is 5.69 Å². The fourth-order valence-electron chi connectivity index (χ4n) is 0.921. The number of hydrogen-bond acceptors (Lipinski definition) is 2. The van der Waals surface area contributed by atoms with Crippen LogP contribution in [0.25, 0.3) is 0 Å². The average Bonchev–Trinajstić information content (AvgIpc) is 2.14. The summed E-state index contributed by atoms with van der Waals surface area (Å²) in [6.07, 6.45) is 0. The lowest BCUT2D eigenvalue weighted by atomic mass is 10.3. The first-order valence-corrected chi connectivity index (χ1v) is 4.55. The fourth-order valence-corrected chi connectivity index (χ4v) is 1.02. The SMILES string of the molecule is Cc1cccc(C(=O)NCCCl)n1. The summed E-state index contributed by atoms with van der Waals surface area (Å²) in [4.78, 5) is 15.4. The van der Waals surface area contributed by atoms with Crippen molar-refractivity contribution in [2.24, 2.45) is 0 Å². The number of aromatic nitrogens is 1. The quantitative estimate of drug-likeness (QED) is 0.746. The van der Waals surface area contributed by atoms with Crippen LogP contribution in [-0.2, 0) is 0 Å². The molecule has 0 atom stereocenters. The van der Waals surface area contributed by atoms with Crippen molar-refractivity contribution in [3.05, 3.63) is 29.6 Å². The zero-order chi connectivity index (χ0) is 9.68. The highest BCUT2D eigenvalue weighted by atomic mass is 35.5. The number of aryl methyl sites for hydroxylation is 1. The van der Waals surface area contributed by atoms with Crippen LogP contribution in [0, 0.1) is 6.92 Å². The number of nitrogens with zero attached hydrogens (tertiary/aromatic N) is 1. The molecule has 0 aliphatic heterocycles. The molecule has 1 aromatic rings. The smallest absolute Gasteiger partial charge is 0.269 e. The van der Waals surface area contributed by atoms with Gasteiger partial charge in [-0.25, -0.2) is 4.98 Å². The molecular weight excluding hydrogens is 188 g/mol. The van der Waals surface area contributed by atoms with E-state index in [1.165, 1.54) is 0 Å².